The average Bonchev–Trinajstić information content (AvgIpc) is 2.53. The van der Waals surface area contributed by atoms with E-state index < -0.39 is 16.7 Å². The molecule has 0 heterocycles. The minimum absolute atomic E-state index is 0.124. The van der Waals surface area contributed by atoms with Gasteiger partial charge in [-0.05, 0) is 24.3 Å². The number of anilines is 1. The Morgan fingerprint density at radius 2 is 1.91 bits per heavy atom. The van der Waals surface area contributed by atoms with Crippen LogP contribution < -0.4 is 15.8 Å². The van der Waals surface area contributed by atoms with E-state index in [2.05, 4.69) is 5.32 Å². The summed E-state index contributed by atoms with van der Waals surface area (Å²) >= 11 is 0. The molecule has 0 spiro atoms. The first-order chi connectivity index (χ1) is 11.0. The third-order valence-corrected chi connectivity index (χ3v) is 2.79. The summed E-state index contributed by atoms with van der Waals surface area (Å²) in [5.74, 6) is -0.776. The number of nitro benzene ring substituents is 1. The van der Waals surface area contributed by atoms with Gasteiger partial charge in [-0.1, -0.05) is 12.1 Å². The summed E-state index contributed by atoms with van der Waals surface area (Å²) in [6.07, 6.45) is 0. The van der Waals surface area contributed by atoms with Gasteiger partial charge in [0, 0.05) is 23.4 Å². The van der Waals surface area contributed by atoms with E-state index in [0.717, 1.165) is 0 Å². The highest BCUT2D eigenvalue weighted by molar-refractivity contribution is 6.04. The van der Waals surface area contributed by atoms with Crippen molar-refractivity contribution in [3.05, 3.63) is 64.2 Å². The second-order valence-corrected chi connectivity index (χ2v) is 4.54. The molecule has 0 atom stereocenters. The van der Waals surface area contributed by atoms with Gasteiger partial charge in [0.05, 0.1) is 4.92 Å². The molecule has 2 aromatic carbocycles. The molecule has 118 valence electrons. The number of nitrogens with zero attached hydrogens (tertiary/aromatic N) is 1. The number of non-ortho nitro benzene ring substituents is 1. The molecule has 0 saturated carbocycles. The summed E-state index contributed by atoms with van der Waals surface area (Å²) in [6.45, 7) is -0.296. The van der Waals surface area contributed by atoms with E-state index >= 15 is 0 Å². The number of rotatable bonds is 6. The standard InChI is InChI=1S/C15H13N3O5/c16-14(19)9-23-13-6-1-3-10(7-13)15(20)17-11-4-2-5-12(8-11)18(21)22/h1-8H,9H2,(H2,16,19)(H,17,20). The van der Waals surface area contributed by atoms with Crippen LogP contribution in [0.25, 0.3) is 0 Å². The Balaban J connectivity index is 2.11. The maximum Gasteiger partial charge on any atom is 0.271 e. The van der Waals surface area contributed by atoms with Crippen LogP contribution in [0.4, 0.5) is 11.4 Å². The smallest absolute Gasteiger partial charge is 0.271 e. The molecule has 23 heavy (non-hydrogen) atoms. The van der Waals surface area contributed by atoms with Crippen LogP contribution in [0.15, 0.2) is 48.5 Å². The molecule has 0 radical (unpaired) electrons. The maximum absolute atomic E-state index is 12.2. The molecule has 0 aromatic heterocycles. The normalized spacial score (nSPS) is 9.91. The third-order valence-electron chi connectivity index (χ3n) is 2.79. The molecular weight excluding hydrogens is 302 g/mol. The fraction of sp³-hybridized carbons (Fsp3) is 0.0667. The number of nitrogens with two attached hydrogens (primary N) is 1. The lowest BCUT2D eigenvalue weighted by Crippen LogP contribution is -2.20. The van der Waals surface area contributed by atoms with Crippen LogP contribution in [-0.2, 0) is 4.79 Å². The van der Waals surface area contributed by atoms with E-state index in [4.69, 9.17) is 10.5 Å². The third kappa shape index (κ3) is 4.53. The lowest BCUT2D eigenvalue weighted by Gasteiger charge is -2.07. The molecule has 0 aliphatic heterocycles. The van der Waals surface area contributed by atoms with E-state index in [0.29, 0.717) is 11.4 Å². The van der Waals surface area contributed by atoms with Crippen LogP contribution >= 0.6 is 0 Å². The Morgan fingerprint density at radius 3 is 2.61 bits per heavy atom. The summed E-state index contributed by atoms with van der Waals surface area (Å²) in [7, 11) is 0. The number of primary amides is 1. The maximum atomic E-state index is 12.2. The Hall–Kier alpha value is -3.42. The fourth-order valence-corrected chi connectivity index (χ4v) is 1.78. The highest BCUT2D eigenvalue weighted by Crippen LogP contribution is 2.19. The van der Waals surface area contributed by atoms with Crippen molar-refractivity contribution in [2.24, 2.45) is 5.73 Å². The average molecular weight is 315 g/mol. The second-order valence-electron chi connectivity index (χ2n) is 4.54. The van der Waals surface area contributed by atoms with E-state index in [1.807, 2.05) is 0 Å². The van der Waals surface area contributed by atoms with Gasteiger partial charge in [-0.15, -0.1) is 0 Å². The van der Waals surface area contributed by atoms with E-state index in [1.165, 1.54) is 24.3 Å². The number of benzene rings is 2. The second kappa shape index (κ2) is 7.03. The number of amides is 2. The number of hydrogen-bond donors (Lipinski definition) is 2. The number of carbonyl (C=O) groups is 2. The van der Waals surface area contributed by atoms with Crippen molar-refractivity contribution < 1.29 is 19.2 Å². The van der Waals surface area contributed by atoms with Gasteiger partial charge in [-0.3, -0.25) is 19.7 Å². The number of ether oxygens (including phenoxy) is 1. The van der Waals surface area contributed by atoms with E-state index in [1.54, 1.807) is 24.3 Å². The zero-order chi connectivity index (χ0) is 16.8. The summed E-state index contributed by atoms with van der Waals surface area (Å²) in [6, 6.07) is 11.7. The topological polar surface area (TPSA) is 125 Å². The van der Waals surface area contributed by atoms with Gasteiger partial charge in [0.2, 0.25) is 0 Å². The Morgan fingerprint density at radius 1 is 1.17 bits per heavy atom. The molecule has 0 bridgehead atoms. The number of carbonyl (C=O) groups excluding carboxylic acids is 2. The SMILES string of the molecule is NC(=O)COc1cccc(C(=O)Nc2cccc([N+](=O)[O-])c2)c1. The number of hydrogen-bond acceptors (Lipinski definition) is 5. The highest BCUT2D eigenvalue weighted by atomic mass is 16.6. The van der Waals surface area contributed by atoms with Crippen molar-refractivity contribution in [1.29, 1.82) is 0 Å². The Kier molecular flexibility index (Phi) is 4.88. The minimum Gasteiger partial charge on any atom is -0.484 e. The van der Waals surface area contributed by atoms with Gasteiger partial charge in [0.1, 0.15) is 5.75 Å². The lowest BCUT2D eigenvalue weighted by molar-refractivity contribution is -0.384. The number of nitrogens with one attached hydrogen (secondary N) is 1. The molecule has 8 nitrogen and oxygen atoms in total. The van der Waals surface area contributed by atoms with Crippen molar-refractivity contribution in [3.63, 3.8) is 0 Å². The quantitative estimate of drug-likeness (QED) is 0.620. The first-order valence-electron chi connectivity index (χ1n) is 6.52. The lowest BCUT2D eigenvalue weighted by atomic mass is 10.2. The highest BCUT2D eigenvalue weighted by Gasteiger charge is 2.10. The molecule has 3 N–H and O–H groups in total. The summed E-state index contributed by atoms with van der Waals surface area (Å²) < 4.78 is 5.12. The minimum atomic E-state index is -0.628. The monoisotopic (exact) mass is 315 g/mol. The zero-order valence-electron chi connectivity index (χ0n) is 11.9. The molecule has 0 aliphatic carbocycles. The molecule has 8 heteroatoms. The van der Waals surface area contributed by atoms with Gasteiger partial charge in [0.25, 0.3) is 17.5 Å². The first kappa shape index (κ1) is 16.0. The van der Waals surface area contributed by atoms with Gasteiger partial charge >= 0.3 is 0 Å². The molecule has 2 aromatic rings. The summed E-state index contributed by atoms with van der Waals surface area (Å²) in [4.78, 5) is 33.0. The molecule has 0 unspecified atom stereocenters. The Labute approximate surface area is 131 Å². The van der Waals surface area contributed by atoms with Crippen LogP contribution in [0.3, 0.4) is 0 Å². The Bertz CT molecular complexity index is 760. The molecular formula is C15H13N3O5. The molecule has 0 aliphatic rings. The first-order valence-corrected chi connectivity index (χ1v) is 6.52. The largest absolute Gasteiger partial charge is 0.484 e. The predicted molar refractivity (Wildman–Crippen MR) is 82.2 cm³/mol. The fourth-order valence-electron chi connectivity index (χ4n) is 1.78. The van der Waals surface area contributed by atoms with Gasteiger partial charge in [-0.25, -0.2) is 0 Å². The summed E-state index contributed by atoms with van der Waals surface area (Å²) in [5, 5.41) is 13.3. The van der Waals surface area contributed by atoms with Crippen LogP contribution in [0.1, 0.15) is 10.4 Å². The van der Waals surface area contributed by atoms with Crippen molar-refractivity contribution in [2.45, 2.75) is 0 Å². The van der Waals surface area contributed by atoms with Crippen LogP contribution in [0.5, 0.6) is 5.75 Å². The molecule has 0 saturated heterocycles. The van der Waals surface area contributed by atoms with Crippen molar-refractivity contribution in [3.8, 4) is 5.75 Å². The van der Waals surface area contributed by atoms with Crippen molar-refractivity contribution in [2.75, 3.05) is 11.9 Å². The number of nitro groups is 1. The van der Waals surface area contributed by atoms with Crippen LogP contribution in [0.2, 0.25) is 0 Å². The van der Waals surface area contributed by atoms with Gasteiger partial charge in [-0.2, -0.15) is 0 Å². The van der Waals surface area contributed by atoms with Gasteiger partial charge in [0.15, 0.2) is 6.61 Å². The van der Waals surface area contributed by atoms with Crippen LogP contribution in [-0.4, -0.2) is 23.3 Å². The van der Waals surface area contributed by atoms with E-state index in [9.17, 15) is 19.7 Å². The van der Waals surface area contributed by atoms with Gasteiger partial charge < -0.3 is 15.8 Å². The van der Waals surface area contributed by atoms with Crippen molar-refractivity contribution >= 4 is 23.2 Å². The molecule has 2 amide bonds. The summed E-state index contributed by atoms with van der Waals surface area (Å²) in [5.41, 5.74) is 5.43. The molecule has 0 fully saturated rings. The zero-order valence-corrected chi connectivity index (χ0v) is 11.9. The molecule has 2 rings (SSSR count). The van der Waals surface area contributed by atoms with Crippen LogP contribution in [0, 0.1) is 10.1 Å². The van der Waals surface area contributed by atoms with E-state index in [-0.39, 0.29) is 17.9 Å². The predicted octanol–water partition coefficient (Wildman–Crippen LogP) is 1.71. The van der Waals surface area contributed by atoms with Crippen molar-refractivity contribution in [1.82, 2.24) is 0 Å².